The van der Waals surface area contributed by atoms with Crippen molar-refractivity contribution in [1.29, 1.82) is 0 Å². The van der Waals surface area contributed by atoms with E-state index < -0.39 is 0 Å². The maximum atomic E-state index is 5.92. The minimum Gasteiger partial charge on any atom is -0.314 e. The highest BCUT2D eigenvalue weighted by molar-refractivity contribution is 6.30. The fraction of sp³-hybridized carbons (Fsp3) is 0.625. The Morgan fingerprint density at radius 1 is 1.17 bits per heavy atom. The molecule has 0 aromatic heterocycles. The highest BCUT2D eigenvalue weighted by Gasteiger charge is 2.12. The SMILES string of the molecule is CCCC(C)CC(Cc1ccc(Cl)cc1)NCC. The first-order valence-electron chi connectivity index (χ1n) is 7.13. The molecule has 1 rings (SSSR count). The van der Waals surface area contributed by atoms with Gasteiger partial charge >= 0.3 is 0 Å². The van der Waals surface area contributed by atoms with Gasteiger partial charge in [0.05, 0.1) is 0 Å². The van der Waals surface area contributed by atoms with E-state index in [0.717, 1.165) is 23.9 Å². The van der Waals surface area contributed by atoms with Crippen molar-refractivity contribution in [3.05, 3.63) is 34.9 Å². The van der Waals surface area contributed by atoms with Gasteiger partial charge in [-0.15, -0.1) is 0 Å². The van der Waals surface area contributed by atoms with E-state index in [1.807, 2.05) is 12.1 Å². The fourth-order valence-corrected chi connectivity index (χ4v) is 2.65. The maximum Gasteiger partial charge on any atom is 0.0406 e. The Hall–Kier alpha value is -0.530. The minimum atomic E-state index is 0.581. The van der Waals surface area contributed by atoms with E-state index in [9.17, 15) is 0 Å². The van der Waals surface area contributed by atoms with Crippen LogP contribution in [0, 0.1) is 5.92 Å². The van der Waals surface area contributed by atoms with Crippen molar-refractivity contribution in [3.8, 4) is 0 Å². The van der Waals surface area contributed by atoms with E-state index >= 15 is 0 Å². The summed E-state index contributed by atoms with van der Waals surface area (Å²) in [5, 5.41) is 4.42. The van der Waals surface area contributed by atoms with Crippen LogP contribution < -0.4 is 5.32 Å². The standard InChI is InChI=1S/C16H26ClN/c1-4-6-13(3)11-16(18-5-2)12-14-7-9-15(17)10-8-14/h7-10,13,16,18H,4-6,11-12H2,1-3H3. The maximum absolute atomic E-state index is 5.92. The molecule has 1 N–H and O–H groups in total. The molecule has 0 saturated heterocycles. The molecule has 0 saturated carbocycles. The molecule has 0 fully saturated rings. The summed E-state index contributed by atoms with van der Waals surface area (Å²) in [6.45, 7) is 7.84. The molecule has 0 aliphatic heterocycles. The largest absolute Gasteiger partial charge is 0.314 e. The summed E-state index contributed by atoms with van der Waals surface area (Å²) < 4.78 is 0. The van der Waals surface area contributed by atoms with Crippen LogP contribution in [0.15, 0.2) is 24.3 Å². The lowest BCUT2D eigenvalue weighted by Gasteiger charge is -2.21. The third-order valence-corrected chi connectivity index (χ3v) is 3.61. The second kappa shape index (κ2) is 8.55. The monoisotopic (exact) mass is 267 g/mol. The molecular weight excluding hydrogens is 242 g/mol. The Kier molecular flexibility index (Phi) is 7.38. The second-order valence-electron chi connectivity index (χ2n) is 5.21. The van der Waals surface area contributed by atoms with Gasteiger partial charge < -0.3 is 5.32 Å². The van der Waals surface area contributed by atoms with Crippen LogP contribution in [0.5, 0.6) is 0 Å². The van der Waals surface area contributed by atoms with E-state index in [0.29, 0.717) is 6.04 Å². The lowest BCUT2D eigenvalue weighted by molar-refractivity contribution is 0.385. The minimum absolute atomic E-state index is 0.581. The summed E-state index contributed by atoms with van der Waals surface area (Å²) in [5.74, 6) is 0.798. The summed E-state index contributed by atoms with van der Waals surface area (Å²) in [4.78, 5) is 0. The molecule has 2 heteroatoms. The molecule has 0 heterocycles. The molecule has 0 radical (unpaired) electrons. The van der Waals surface area contributed by atoms with E-state index in [1.165, 1.54) is 24.8 Å². The summed E-state index contributed by atoms with van der Waals surface area (Å²) >= 11 is 5.92. The molecule has 0 bridgehead atoms. The van der Waals surface area contributed by atoms with Gasteiger partial charge in [-0.25, -0.2) is 0 Å². The number of hydrogen-bond acceptors (Lipinski definition) is 1. The van der Waals surface area contributed by atoms with Crippen molar-refractivity contribution in [2.75, 3.05) is 6.54 Å². The topological polar surface area (TPSA) is 12.0 Å². The Morgan fingerprint density at radius 2 is 1.83 bits per heavy atom. The number of benzene rings is 1. The van der Waals surface area contributed by atoms with Gasteiger partial charge in [-0.05, 0) is 43.0 Å². The molecule has 102 valence electrons. The van der Waals surface area contributed by atoms with Crippen LogP contribution in [-0.2, 0) is 6.42 Å². The lowest BCUT2D eigenvalue weighted by atomic mass is 9.93. The molecule has 2 unspecified atom stereocenters. The average Bonchev–Trinajstić information content (AvgIpc) is 2.32. The van der Waals surface area contributed by atoms with Crippen LogP contribution in [0.25, 0.3) is 0 Å². The Labute approximate surface area is 117 Å². The molecule has 18 heavy (non-hydrogen) atoms. The smallest absolute Gasteiger partial charge is 0.0406 e. The van der Waals surface area contributed by atoms with Crippen molar-refractivity contribution in [2.24, 2.45) is 5.92 Å². The summed E-state index contributed by atoms with van der Waals surface area (Å²) in [6, 6.07) is 8.82. The molecule has 1 nitrogen and oxygen atoms in total. The van der Waals surface area contributed by atoms with E-state index in [4.69, 9.17) is 11.6 Å². The Bertz CT molecular complexity index is 320. The van der Waals surface area contributed by atoms with Gasteiger partial charge in [0.15, 0.2) is 0 Å². The van der Waals surface area contributed by atoms with Crippen LogP contribution >= 0.6 is 11.6 Å². The number of hydrogen-bond donors (Lipinski definition) is 1. The predicted octanol–water partition coefficient (Wildman–Crippen LogP) is 4.69. The van der Waals surface area contributed by atoms with Crippen molar-refractivity contribution in [1.82, 2.24) is 5.32 Å². The first kappa shape index (κ1) is 15.5. The van der Waals surface area contributed by atoms with Gasteiger partial charge in [0, 0.05) is 11.1 Å². The second-order valence-corrected chi connectivity index (χ2v) is 5.65. The average molecular weight is 268 g/mol. The van der Waals surface area contributed by atoms with Crippen LogP contribution in [0.3, 0.4) is 0 Å². The molecule has 1 aromatic rings. The molecule has 0 spiro atoms. The van der Waals surface area contributed by atoms with Gasteiger partial charge in [-0.1, -0.05) is 57.3 Å². The fourth-order valence-electron chi connectivity index (χ4n) is 2.53. The molecular formula is C16H26ClN. The van der Waals surface area contributed by atoms with Gasteiger partial charge in [-0.2, -0.15) is 0 Å². The zero-order valence-corrected chi connectivity index (χ0v) is 12.6. The summed E-state index contributed by atoms with van der Waals surface area (Å²) in [7, 11) is 0. The van der Waals surface area contributed by atoms with E-state index in [-0.39, 0.29) is 0 Å². The number of halogens is 1. The number of rotatable bonds is 8. The van der Waals surface area contributed by atoms with Crippen molar-refractivity contribution in [3.63, 3.8) is 0 Å². The third-order valence-electron chi connectivity index (χ3n) is 3.36. The van der Waals surface area contributed by atoms with Crippen LogP contribution in [-0.4, -0.2) is 12.6 Å². The molecule has 1 aromatic carbocycles. The quantitative estimate of drug-likeness (QED) is 0.721. The first-order chi connectivity index (χ1) is 8.65. The highest BCUT2D eigenvalue weighted by Crippen LogP contribution is 2.17. The first-order valence-corrected chi connectivity index (χ1v) is 7.51. The molecule has 0 amide bonds. The van der Waals surface area contributed by atoms with Gasteiger partial charge in [0.25, 0.3) is 0 Å². The zero-order chi connectivity index (χ0) is 13.4. The number of likely N-dealkylation sites (N-methyl/N-ethyl adjacent to an activating group) is 1. The molecule has 0 aliphatic rings. The lowest BCUT2D eigenvalue weighted by Crippen LogP contribution is -2.32. The highest BCUT2D eigenvalue weighted by atomic mass is 35.5. The van der Waals surface area contributed by atoms with Gasteiger partial charge in [-0.3, -0.25) is 0 Å². The molecule has 0 aliphatic carbocycles. The summed E-state index contributed by atoms with van der Waals surface area (Å²) in [6.07, 6.45) is 4.95. The Morgan fingerprint density at radius 3 is 2.39 bits per heavy atom. The van der Waals surface area contributed by atoms with Crippen molar-refractivity contribution >= 4 is 11.6 Å². The molecule has 2 atom stereocenters. The third kappa shape index (κ3) is 5.88. The van der Waals surface area contributed by atoms with Crippen molar-refractivity contribution < 1.29 is 0 Å². The predicted molar refractivity (Wildman–Crippen MR) is 81.3 cm³/mol. The van der Waals surface area contributed by atoms with Crippen molar-refractivity contribution in [2.45, 2.75) is 52.5 Å². The van der Waals surface area contributed by atoms with E-state index in [1.54, 1.807) is 0 Å². The summed E-state index contributed by atoms with van der Waals surface area (Å²) in [5.41, 5.74) is 1.37. The Balaban J connectivity index is 2.53. The van der Waals surface area contributed by atoms with Gasteiger partial charge in [0.2, 0.25) is 0 Å². The van der Waals surface area contributed by atoms with Crippen LogP contribution in [0.2, 0.25) is 5.02 Å². The number of nitrogens with one attached hydrogen (secondary N) is 1. The van der Waals surface area contributed by atoms with E-state index in [2.05, 4.69) is 38.2 Å². The van der Waals surface area contributed by atoms with Crippen LogP contribution in [0.1, 0.15) is 45.6 Å². The normalized spacial score (nSPS) is 14.4. The zero-order valence-electron chi connectivity index (χ0n) is 11.9. The van der Waals surface area contributed by atoms with Gasteiger partial charge in [0.1, 0.15) is 0 Å². The van der Waals surface area contributed by atoms with Crippen LogP contribution in [0.4, 0.5) is 0 Å².